The van der Waals surface area contributed by atoms with Crippen LogP contribution in [0.3, 0.4) is 0 Å². The molecular weight excluding hydrogens is 416 g/mol. The quantitative estimate of drug-likeness (QED) is 0.392. The van der Waals surface area contributed by atoms with Gasteiger partial charge in [0.15, 0.2) is 5.69 Å². The number of hydrogen-bond acceptors (Lipinski definition) is 6. The molecule has 0 saturated carbocycles. The number of ether oxygens (including phenoxy) is 1. The van der Waals surface area contributed by atoms with Crippen LogP contribution in [0, 0.1) is 0 Å². The fourth-order valence-corrected chi connectivity index (χ4v) is 3.72. The number of nitrogens with one attached hydrogen (secondary N) is 1. The maximum Gasteiger partial charge on any atom is 0.330 e. The van der Waals surface area contributed by atoms with Crippen LogP contribution in [0.2, 0.25) is 0 Å². The molecule has 0 aliphatic carbocycles. The largest absolute Gasteiger partial charge is 0.385 e. The molecule has 2 heterocycles. The topological polar surface area (TPSA) is 110 Å². The van der Waals surface area contributed by atoms with E-state index in [9.17, 15) is 14.4 Å². The molecule has 1 amide bonds. The lowest BCUT2D eigenvalue weighted by molar-refractivity contribution is -0.114. The molecule has 0 radical (unpaired) electrons. The first kappa shape index (κ1) is 22.3. The summed E-state index contributed by atoms with van der Waals surface area (Å²) in [7, 11) is 1.56. The molecule has 1 aromatic carbocycles. The zero-order chi connectivity index (χ0) is 22.2. The number of aromatic amines is 1. The summed E-state index contributed by atoms with van der Waals surface area (Å²) in [6.45, 7) is 0.775. The number of rotatable bonds is 9. The predicted octanol–water partition coefficient (Wildman–Crippen LogP) is 2.31. The van der Waals surface area contributed by atoms with E-state index in [1.165, 1.54) is 26.9 Å². The Balaban J connectivity index is 2.00. The lowest BCUT2D eigenvalue weighted by Gasteiger charge is -2.23. The van der Waals surface area contributed by atoms with Crippen molar-refractivity contribution in [2.75, 3.05) is 30.9 Å². The Bertz CT molecular complexity index is 1150. The molecule has 2 aromatic heterocycles. The van der Waals surface area contributed by atoms with Crippen LogP contribution >= 0.6 is 11.3 Å². The number of carbonyl (C=O) groups excluding carboxylic acids is 1. The highest BCUT2D eigenvalue weighted by Crippen LogP contribution is 2.19. The predicted molar refractivity (Wildman–Crippen MR) is 123 cm³/mol. The number of nitrogen functional groups attached to an aromatic ring is 1. The number of nitrogens with two attached hydrogens (primary N) is 1. The van der Waals surface area contributed by atoms with Gasteiger partial charge in [0.25, 0.3) is 11.5 Å². The number of aromatic nitrogens is 2. The van der Waals surface area contributed by atoms with Gasteiger partial charge in [0.2, 0.25) is 0 Å². The number of carbonyl (C=O) groups is 1. The number of methoxy groups -OCH3 is 1. The molecule has 0 spiro atoms. The van der Waals surface area contributed by atoms with Crippen LogP contribution in [0.1, 0.15) is 17.5 Å². The molecule has 9 heteroatoms. The highest BCUT2D eigenvalue weighted by atomic mass is 32.1. The lowest BCUT2D eigenvalue weighted by Crippen LogP contribution is -2.41. The molecule has 0 bridgehead atoms. The average molecular weight is 441 g/mol. The second-order valence-corrected chi connectivity index (χ2v) is 7.57. The van der Waals surface area contributed by atoms with Crippen molar-refractivity contribution in [3.8, 4) is 0 Å². The fourth-order valence-electron chi connectivity index (χ4n) is 3.09. The van der Waals surface area contributed by atoms with Gasteiger partial charge in [0.05, 0.1) is 6.54 Å². The van der Waals surface area contributed by atoms with Crippen molar-refractivity contribution in [2.24, 2.45) is 0 Å². The first-order chi connectivity index (χ1) is 15.0. The molecule has 8 nitrogen and oxygen atoms in total. The third-order valence-electron chi connectivity index (χ3n) is 4.63. The Morgan fingerprint density at radius 2 is 2.03 bits per heavy atom. The number of nitrogens with zero attached hydrogens (tertiary/aromatic N) is 2. The molecule has 0 fully saturated rings. The fraction of sp³-hybridized carbons (Fsp3) is 0.227. The maximum atomic E-state index is 13.0. The lowest BCUT2D eigenvalue weighted by atomic mass is 10.2. The van der Waals surface area contributed by atoms with Crippen molar-refractivity contribution < 1.29 is 9.53 Å². The van der Waals surface area contributed by atoms with Gasteiger partial charge in [-0.2, -0.15) is 11.3 Å². The molecule has 0 aliphatic heterocycles. The van der Waals surface area contributed by atoms with E-state index in [2.05, 4.69) is 4.98 Å². The summed E-state index contributed by atoms with van der Waals surface area (Å²) in [6.07, 6.45) is 3.55. The number of H-pyrrole nitrogens is 1. The smallest absolute Gasteiger partial charge is 0.330 e. The molecule has 0 unspecified atom stereocenters. The van der Waals surface area contributed by atoms with E-state index >= 15 is 0 Å². The van der Waals surface area contributed by atoms with Crippen LogP contribution in [0.15, 0.2) is 62.8 Å². The molecule has 0 saturated heterocycles. The summed E-state index contributed by atoms with van der Waals surface area (Å²) in [5.41, 5.74) is 6.59. The Hall–Kier alpha value is -3.43. The third-order valence-corrected chi connectivity index (χ3v) is 5.33. The van der Waals surface area contributed by atoms with E-state index < -0.39 is 17.2 Å². The van der Waals surface area contributed by atoms with Crippen molar-refractivity contribution in [3.05, 3.63) is 85.2 Å². The van der Waals surface area contributed by atoms with Gasteiger partial charge in [-0.1, -0.05) is 30.3 Å². The number of benzene rings is 1. The van der Waals surface area contributed by atoms with Crippen LogP contribution in [0.25, 0.3) is 6.08 Å². The zero-order valence-corrected chi connectivity index (χ0v) is 17.9. The van der Waals surface area contributed by atoms with Crippen LogP contribution < -0.4 is 21.9 Å². The highest BCUT2D eigenvalue weighted by molar-refractivity contribution is 7.08. The Morgan fingerprint density at radius 3 is 2.71 bits per heavy atom. The van der Waals surface area contributed by atoms with Crippen molar-refractivity contribution in [1.82, 2.24) is 9.55 Å². The van der Waals surface area contributed by atoms with Gasteiger partial charge in [0.1, 0.15) is 5.82 Å². The Labute approximate surface area is 183 Å². The van der Waals surface area contributed by atoms with Crippen LogP contribution in [0.5, 0.6) is 0 Å². The standard InChI is InChI=1S/C22H24N4O4S/c1-30-12-5-11-25(18(27)9-8-17-10-13-31-15-17)19-20(23)26(22(29)24-21(19)28)14-16-6-3-2-4-7-16/h2-4,6-10,13,15H,5,11-12,14,23H2,1H3,(H,24,28,29)/b9-8-. The van der Waals surface area contributed by atoms with Crippen molar-refractivity contribution >= 4 is 34.8 Å². The SMILES string of the molecule is COCCCN(C(=O)/C=C\c1ccsc1)c1c(N)n(Cc2ccccc2)c(=O)[nH]c1=O. The first-order valence-electron chi connectivity index (χ1n) is 9.68. The molecule has 162 valence electrons. The van der Waals surface area contributed by atoms with E-state index in [1.807, 2.05) is 47.2 Å². The number of anilines is 2. The summed E-state index contributed by atoms with van der Waals surface area (Å²) in [4.78, 5) is 41.7. The minimum atomic E-state index is -0.707. The first-order valence-corrected chi connectivity index (χ1v) is 10.6. The summed E-state index contributed by atoms with van der Waals surface area (Å²) in [5, 5.41) is 3.81. The summed E-state index contributed by atoms with van der Waals surface area (Å²) < 4.78 is 6.34. The van der Waals surface area contributed by atoms with Gasteiger partial charge in [0, 0.05) is 26.3 Å². The molecule has 3 N–H and O–H groups in total. The van der Waals surface area contributed by atoms with E-state index in [-0.39, 0.29) is 24.6 Å². The molecule has 0 atom stereocenters. The molecule has 31 heavy (non-hydrogen) atoms. The summed E-state index contributed by atoms with van der Waals surface area (Å²) >= 11 is 1.52. The van der Waals surface area contributed by atoms with Crippen LogP contribution in [-0.4, -0.2) is 35.7 Å². The second kappa shape index (κ2) is 10.6. The maximum absolute atomic E-state index is 13.0. The molecule has 0 aliphatic rings. The van der Waals surface area contributed by atoms with Crippen molar-refractivity contribution in [1.29, 1.82) is 0 Å². The number of hydrogen-bond donors (Lipinski definition) is 2. The summed E-state index contributed by atoms with van der Waals surface area (Å²) in [5.74, 6) is -0.475. The van der Waals surface area contributed by atoms with E-state index in [0.717, 1.165) is 11.1 Å². The van der Waals surface area contributed by atoms with Gasteiger partial charge in [-0.05, 0) is 40.5 Å². The molecule has 3 rings (SSSR count). The van der Waals surface area contributed by atoms with Crippen LogP contribution in [-0.2, 0) is 16.1 Å². The van der Waals surface area contributed by atoms with E-state index in [0.29, 0.717) is 13.0 Å². The van der Waals surface area contributed by atoms with Crippen molar-refractivity contribution in [2.45, 2.75) is 13.0 Å². The van der Waals surface area contributed by atoms with E-state index in [1.54, 1.807) is 13.2 Å². The summed E-state index contributed by atoms with van der Waals surface area (Å²) in [6, 6.07) is 11.1. The van der Waals surface area contributed by atoms with E-state index in [4.69, 9.17) is 10.5 Å². The van der Waals surface area contributed by atoms with Crippen molar-refractivity contribution in [3.63, 3.8) is 0 Å². The number of thiophene rings is 1. The molecular formula is C22H24N4O4S. The van der Waals surface area contributed by atoms with Gasteiger partial charge in [-0.25, -0.2) is 4.79 Å². The Kier molecular flexibility index (Phi) is 7.58. The Morgan fingerprint density at radius 1 is 1.26 bits per heavy atom. The van der Waals surface area contributed by atoms with Gasteiger partial charge in [-0.3, -0.25) is 19.1 Å². The normalized spacial score (nSPS) is 11.1. The van der Waals surface area contributed by atoms with Gasteiger partial charge < -0.3 is 15.4 Å². The third kappa shape index (κ3) is 5.59. The molecule has 3 aromatic rings. The minimum absolute atomic E-state index is 0.0494. The zero-order valence-electron chi connectivity index (χ0n) is 17.1. The van der Waals surface area contributed by atoms with Crippen LogP contribution in [0.4, 0.5) is 11.5 Å². The second-order valence-electron chi connectivity index (χ2n) is 6.79. The highest BCUT2D eigenvalue weighted by Gasteiger charge is 2.23. The monoisotopic (exact) mass is 440 g/mol. The number of amides is 1. The minimum Gasteiger partial charge on any atom is -0.385 e. The average Bonchev–Trinajstić information content (AvgIpc) is 3.28. The van der Waals surface area contributed by atoms with Gasteiger partial charge >= 0.3 is 5.69 Å². The van der Waals surface area contributed by atoms with Gasteiger partial charge in [-0.15, -0.1) is 0 Å².